The van der Waals surface area contributed by atoms with Crippen LogP contribution in [0.25, 0.3) is 6.08 Å². The van der Waals surface area contributed by atoms with Gasteiger partial charge in [-0.3, -0.25) is 4.79 Å². The number of carbonyl (C=O) groups excluding carboxylic acids is 2. The van der Waals surface area contributed by atoms with Crippen LogP contribution in [0.4, 0.5) is 14.9 Å². The van der Waals surface area contributed by atoms with E-state index in [1.807, 2.05) is 52.1 Å². The van der Waals surface area contributed by atoms with Gasteiger partial charge in [0.1, 0.15) is 18.0 Å². The average molecular weight is 586 g/mol. The van der Waals surface area contributed by atoms with Crippen LogP contribution < -0.4 is 4.90 Å². The number of esters is 1. The molecule has 0 saturated carbocycles. The maximum atomic E-state index is 14.7. The number of halogens is 1. The number of ether oxygens (including phenoxy) is 2. The van der Waals surface area contributed by atoms with Gasteiger partial charge in [0.05, 0.1) is 12.5 Å². The van der Waals surface area contributed by atoms with E-state index in [4.69, 9.17) is 9.47 Å². The van der Waals surface area contributed by atoms with E-state index in [9.17, 15) is 19.1 Å². The number of rotatable bonds is 4. The van der Waals surface area contributed by atoms with Crippen molar-refractivity contribution < 1.29 is 28.6 Å². The lowest BCUT2D eigenvalue weighted by Crippen LogP contribution is -2.48. The highest BCUT2D eigenvalue weighted by molar-refractivity contribution is 5.71. The van der Waals surface area contributed by atoms with Gasteiger partial charge in [-0.15, -0.1) is 0 Å². The molecule has 0 bridgehead atoms. The van der Waals surface area contributed by atoms with Gasteiger partial charge in [-0.1, -0.05) is 26.0 Å². The van der Waals surface area contributed by atoms with Crippen LogP contribution in [0, 0.1) is 17.7 Å². The number of piperazine rings is 1. The van der Waals surface area contributed by atoms with Crippen molar-refractivity contribution >= 4 is 23.8 Å². The first-order chi connectivity index (χ1) is 20.0. The third-order valence-corrected chi connectivity index (χ3v) is 8.89. The molecule has 232 valence electrons. The summed E-state index contributed by atoms with van der Waals surface area (Å²) < 4.78 is 26.6. The molecular weight excluding hydrogens is 537 g/mol. The van der Waals surface area contributed by atoms with Crippen molar-refractivity contribution in [2.45, 2.75) is 84.2 Å². The Kier molecular flexibility index (Phi) is 11.1. The number of likely N-dealkylation sites (N-methyl/N-ethyl adjacent to an activating group) is 1. The largest absolute Gasteiger partial charge is 0.457 e. The van der Waals surface area contributed by atoms with Crippen LogP contribution in [0.2, 0.25) is 0 Å². The van der Waals surface area contributed by atoms with Crippen molar-refractivity contribution in [2.24, 2.45) is 11.8 Å². The van der Waals surface area contributed by atoms with E-state index in [-0.39, 0.29) is 30.2 Å². The lowest BCUT2D eigenvalue weighted by atomic mass is 9.91. The molecule has 42 heavy (non-hydrogen) atoms. The number of aliphatic hydroxyl groups is 1. The fraction of sp³-hybridized carbons (Fsp3) is 0.636. The van der Waals surface area contributed by atoms with Crippen molar-refractivity contribution in [1.82, 2.24) is 9.80 Å². The summed E-state index contributed by atoms with van der Waals surface area (Å²) in [5.41, 5.74) is 2.31. The molecule has 0 aromatic heterocycles. The Hall–Kier alpha value is -2.91. The quantitative estimate of drug-likeness (QED) is 0.382. The summed E-state index contributed by atoms with van der Waals surface area (Å²) in [5.74, 6) is -1.09. The van der Waals surface area contributed by atoms with Crippen molar-refractivity contribution in [3.63, 3.8) is 0 Å². The van der Waals surface area contributed by atoms with E-state index in [1.54, 1.807) is 11.0 Å². The number of amides is 1. The molecule has 1 N–H and O–H groups in total. The molecule has 0 unspecified atom stereocenters. The van der Waals surface area contributed by atoms with Crippen LogP contribution in [-0.4, -0.2) is 91.1 Å². The summed E-state index contributed by atoms with van der Waals surface area (Å²) in [6.07, 6.45) is 6.41. The first-order valence-electron chi connectivity index (χ1n) is 15.5. The molecule has 0 radical (unpaired) electrons. The van der Waals surface area contributed by atoms with Gasteiger partial charge >= 0.3 is 12.1 Å². The molecular formula is C33H48FN3O5. The number of nitrogens with zero attached hydrogens (tertiary/aromatic N) is 3. The number of benzene rings is 1. The Morgan fingerprint density at radius 1 is 1.05 bits per heavy atom. The average Bonchev–Trinajstić information content (AvgIpc) is 3.37. The Labute approximate surface area is 250 Å². The highest BCUT2D eigenvalue weighted by Crippen LogP contribution is 2.30. The highest BCUT2D eigenvalue weighted by atomic mass is 19.1. The molecule has 6 atom stereocenters. The van der Waals surface area contributed by atoms with E-state index in [0.29, 0.717) is 37.5 Å². The lowest BCUT2D eigenvalue weighted by Gasteiger charge is -2.33. The monoisotopic (exact) mass is 585 g/mol. The number of hydrogen-bond acceptors (Lipinski definition) is 7. The van der Waals surface area contributed by atoms with Gasteiger partial charge in [0, 0.05) is 50.4 Å². The minimum Gasteiger partial charge on any atom is -0.457 e. The van der Waals surface area contributed by atoms with Gasteiger partial charge in [0.2, 0.25) is 0 Å². The van der Waals surface area contributed by atoms with E-state index in [1.165, 1.54) is 6.07 Å². The number of cyclic esters (lactones) is 1. The third kappa shape index (κ3) is 8.57. The zero-order valence-corrected chi connectivity index (χ0v) is 25.8. The summed E-state index contributed by atoms with van der Waals surface area (Å²) in [5, 5.41) is 10.6. The van der Waals surface area contributed by atoms with Crippen molar-refractivity contribution in [1.29, 1.82) is 0 Å². The van der Waals surface area contributed by atoms with Crippen LogP contribution >= 0.6 is 0 Å². The minimum atomic E-state index is -0.856. The van der Waals surface area contributed by atoms with Crippen molar-refractivity contribution in [3.8, 4) is 0 Å². The molecule has 8 nitrogen and oxygen atoms in total. The SMILES string of the molecule is C/C(=C\c1cc(F)cc(N2CCC[C@H]2C)c1)[C@H]1OC(=O)C[C@H](O)CC[C@H](C)[C@@H](OC(=O)N2CCN(C)CC2)/C=C\[C@@H]1C. The topological polar surface area (TPSA) is 82.5 Å². The summed E-state index contributed by atoms with van der Waals surface area (Å²) in [6, 6.07) is 5.40. The second-order valence-corrected chi connectivity index (χ2v) is 12.5. The first-order valence-corrected chi connectivity index (χ1v) is 15.5. The number of aliphatic hydroxyl groups excluding tert-OH is 1. The maximum Gasteiger partial charge on any atom is 0.410 e. The summed E-state index contributed by atoms with van der Waals surface area (Å²) >= 11 is 0. The molecule has 0 spiro atoms. The standard InChI is InChI=1S/C33H48FN3O5/c1-22-8-10-29(38)21-31(39)42-32(23(2)9-11-30(22)41-33(40)36-15-13-35(5)14-16-36)24(3)17-26-18-27(34)20-28(19-26)37-12-6-7-25(37)4/h9,11,17-20,22-23,25,29-30,32,38H,6-8,10,12-16,21H2,1-5H3/b11-9-,24-17+/t22-,23-,25+,29+,30-,32-/m0/s1. The third-order valence-electron chi connectivity index (χ3n) is 8.89. The van der Waals surface area contributed by atoms with Crippen LogP contribution in [-0.2, 0) is 14.3 Å². The molecule has 1 aromatic rings. The Morgan fingerprint density at radius 2 is 1.79 bits per heavy atom. The molecule has 2 saturated heterocycles. The molecule has 1 aromatic carbocycles. The van der Waals surface area contributed by atoms with E-state index >= 15 is 0 Å². The maximum absolute atomic E-state index is 14.7. The fourth-order valence-electron chi connectivity index (χ4n) is 6.14. The smallest absolute Gasteiger partial charge is 0.410 e. The molecule has 0 aliphatic carbocycles. The number of carbonyl (C=O) groups is 2. The fourth-order valence-corrected chi connectivity index (χ4v) is 6.14. The molecule has 2 fully saturated rings. The molecule has 3 heterocycles. The minimum absolute atomic E-state index is 0.0521. The molecule has 4 rings (SSSR count). The summed E-state index contributed by atoms with van der Waals surface area (Å²) in [6.45, 7) is 11.7. The zero-order valence-electron chi connectivity index (χ0n) is 25.8. The summed E-state index contributed by atoms with van der Waals surface area (Å²) in [7, 11) is 2.04. The first kappa shape index (κ1) is 32.0. The molecule has 3 aliphatic rings. The van der Waals surface area contributed by atoms with Gasteiger partial charge in [-0.2, -0.15) is 0 Å². The normalized spacial score (nSPS) is 31.2. The van der Waals surface area contributed by atoms with Gasteiger partial charge < -0.3 is 29.3 Å². The zero-order chi connectivity index (χ0) is 30.4. The second-order valence-electron chi connectivity index (χ2n) is 12.5. The Balaban J connectivity index is 1.57. The lowest BCUT2D eigenvalue weighted by molar-refractivity contribution is -0.151. The van der Waals surface area contributed by atoms with Crippen molar-refractivity contribution in [3.05, 3.63) is 47.3 Å². The summed E-state index contributed by atoms with van der Waals surface area (Å²) in [4.78, 5) is 32.0. The Bertz CT molecular complexity index is 1150. The van der Waals surface area contributed by atoms with Gasteiger partial charge in [-0.25, -0.2) is 9.18 Å². The van der Waals surface area contributed by atoms with E-state index in [0.717, 1.165) is 43.7 Å². The van der Waals surface area contributed by atoms with Crippen LogP contribution in [0.15, 0.2) is 35.9 Å². The van der Waals surface area contributed by atoms with E-state index < -0.39 is 24.3 Å². The van der Waals surface area contributed by atoms with Crippen LogP contribution in [0.1, 0.15) is 65.4 Å². The predicted molar refractivity (Wildman–Crippen MR) is 163 cm³/mol. The van der Waals surface area contributed by atoms with Crippen molar-refractivity contribution in [2.75, 3.05) is 44.7 Å². The highest BCUT2D eigenvalue weighted by Gasteiger charge is 2.29. The van der Waals surface area contributed by atoms with Crippen LogP contribution in [0.5, 0.6) is 0 Å². The number of anilines is 1. The van der Waals surface area contributed by atoms with Gasteiger partial charge in [-0.05, 0) is 87.9 Å². The Morgan fingerprint density at radius 3 is 2.48 bits per heavy atom. The van der Waals surface area contributed by atoms with E-state index in [2.05, 4.69) is 16.7 Å². The predicted octanol–water partition coefficient (Wildman–Crippen LogP) is 5.26. The molecule has 3 aliphatic heterocycles. The number of hydrogen-bond donors (Lipinski definition) is 1. The van der Waals surface area contributed by atoms with Gasteiger partial charge in [0.25, 0.3) is 0 Å². The molecule has 1 amide bonds. The van der Waals surface area contributed by atoms with Crippen LogP contribution in [0.3, 0.4) is 0 Å². The second kappa shape index (κ2) is 14.5. The molecule has 9 heteroatoms. The van der Waals surface area contributed by atoms with Gasteiger partial charge in [0.15, 0.2) is 0 Å².